The third-order valence-corrected chi connectivity index (χ3v) is 4.13. The van der Waals surface area contributed by atoms with Gasteiger partial charge in [0, 0.05) is 31.0 Å². The van der Waals surface area contributed by atoms with Gasteiger partial charge in [-0.15, -0.1) is 0 Å². The van der Waals surface area contributed by atoms with Crippen LogP contribution in [0, 0.1) is 5.92 Å². The average molecular weight is 233 g/mol. The lowest BCUT2D eigenvalue weighted by Gasteiger charge is -2.52. The van der Waals surface area contributed by atoms with E-state index in [1.54, 1.807) is 0 Å². The van der Waals surface area contributed by atoms with Crippen molar-refractivity contribution in [3.05, 3.63) is 30.1 Å². The van der Waals surface area contributed by atoms with E-state index in [4.69, 9.17) is 5.73 Å². The van der Waals surface area contributed by atoms with Crippen molar-refractivity contribution < 1.29 is 0 Å². The molecule has 3 nitrogen and oxygen atoms in total. The van der Waals surface area contributed by atoms with Crippen LogP contribution in [-0.2, 0) is 6.42 Å². The summed E-state index contributed by atoms with van der Waals surface area (Å²) < 4.78 is 0. The summed E-state index contributed by atoms with van der Waals surface area (Å²) in [6, 6.07) is 4.18. The van der Waals surface area contributed by atoms with E-state index in [1.165, 1.54) is 18.4 Å². The highest BCUT2D eigenvalue weighted by molar-refractivity contribution is 5.10. The highest BCUT2D eigenvalue weighted by atomic mass is 15.2. The van der Waals surface area contributed by atoms with Gasteiger partial charge in [-0.3, -0.25) is 9.88 Å². The van der Waals surface area contributed by atoms with Crippen molar-refractivity contribution >= 4 is 0 Å². The van der Waals surface area contributed by atoms with Crippen molar-refractivity contribution in [3.8, 4) is 0 Å². The van der Waals surface area contributed by atoms with Crippen LogP contribution in [0.1, 0.15) is 25.3 Å². The second-order valence-electron chi connectivity index (χ2n) is 5.47. The summed E-state index contributed by atoms with van der Waals surface area (Å²) >= 11 is 0. The molecule has 0 saturated heterocycles. The first kappa shape index (κ1) is 12.5. The Morgan fingerprint density at radius 1 is 1.41 bits per heavy atom. The van der Waals surface area contributed by atoms with Gasteiger partial charge in [0.1, 0.15) is 0 Å². The quantitative estimate of drug-likeness (QED) is 0.841. The molecule has 94 valence electrons. The maximum absolute atomic E-state index is 5.95. The number of hydrogen-bond donors (Lipinski definition) is 1. The third-order valence-electron chi connectivity index (χ3n) is 4.13. The number of aromatic nitrogens is 1. The smallest absolute Gasteiger partial charge is 0.0333 e. The molecule has 3 heteroatoms. The molecule has 1 heterocycles. The van der Waals surface area contributed by atoms with Crippen molar-refractivity contribution in [1.82, 2.24) is 9.88 Å². The van der Waals surface area contributed by atoms with E-state index in [0.717, 1.165) is 25.4 Å². The lowest BCUT2D eigenvalue weighted by molar-refractivity contribution is 0.00661. The lowest BCUT2D eigenvalue weighted by atomic mass is 9.68. The van der Waals surface area contributed by atoms with Crippen LogP contribution in [0.3, 0.4) is 0 Å². The molecule has 0 spiro atoms. The van der Waals surface area contributed by atoms with E-state index in [0.29, 0.717) is 0 Å². The van der Waals surface area contributed by atoms with Crippen molar-refractivity contribution in [2.75, 3.05) is 20.1 Å². The lowest BCUT2D eigenvalue weighted by Crippen LogP contribution is -2.60. The molecular formula is C14H23N3. The molecule has 0 unspecified atom stereocenters. The first-order chi connectivity index (χ1) is 8.16. The molecule has 1 aromatic heterocycles. The molecule has 0 aromatic carbocycles. The molecule has 1 aromatic rings. The van der Waals surface area contributed by atoms with E-state index < -0.39 is 0 Å². The Bertz CT molecular complexity index is 344. The Balaban J connectivity index is 1.87. The fraction of sp³-hybridized carbons (Fsp3) is 0.643. The molecule has 0 bridgehead atoms. The summed E-state index contributed by atoms with van der Waals surface area (Å²) in [5, 5.41) is 0. The second kappa shape index (κ2) is 5.15. The van der Waals surface area contributed by atoms with Gasteiger partial charge in [0.25, 0.3) is 0 Å². The van der Waals surface area contributed by atoms with Gasteiger partial charge in [0.2, 0.25) is 0 Å². The predicted molar refractivity (Wildman–Crippen MR) is 70.8 cm³/mol. The van der Waals surface area contributed by atoms with Gasteiger partial charge in [0.15, 0.2) is 0 Å². The van der Waals surface area contributed by atoms with Gasteiger partial charge in [-0.05, 0) is 49.9 Å². The molecule has 0 atom stereocenters. The molecule has 0 aliphatic heterocycles. The molecule has 0 radical (unpaired) electrons. The first-order valence-corrected chi connectivity index (χ1v) is 6.46. The predicted octanol–water partition coefficient (Wildman–Crippen LogP) is 1.68. The summed E-state index contributed by atoms with van der Waals surface area (Å²) in [6.07, 6.45) is 7.29. The topological polar surface area (TPSA) is 42.1 Å². The summed E-state index contributed by atoms with van der Waals surface area (Å²) in [7, 11) is 2.21. The molecule has 1 aliphatic carbocycles. The molecule has 2 rings (SSSR count). The van der Waals surface area contributed by atoms with Crippen molar-refractivity contribution in [1.29, 1.82) is 0 Å². The van der Waals surface area contributed by atoms with Gasteiger partial charge >= 0.3 is 0 Å². The largest absolute Gasteiger partial charge is 0.329 e. The molecular weight excluding hydrogens is 210 g/mol. The minimum atomic E-state index is 0.270. The molecule has 1 saturated carbocycles. The zero-order valence-electron chi connectivity index (χ0n) is 10.9. The Morgan fingerprint density at radius 3 is 2.59 bits per heavy atom. The third kappa shape index (κ3) is 2.67. The normalized spacial score (nSPS) is 28.1. The fourth-order valence-electron chi connectivity index (χ4n) is 2.96. The SMILES string of the molecule is CC1CC(CN)(N(C)CCc2ccncc2)C1. The average Bonchev–Trinajstić information content (AvgIpc) is 2.33. The minimum Gasteiger partial charge on any atom is -0.329 e. The maximum Gasteiger partial charge on any atom is 0.0333 e. The highest BCUT2D eigenvalue weighted by Gasteiger charge is 2.43. The number of pyridine rings is 1. The maximum atomic E-state index is 5.95. The number of likely N-dealkylation sites (N-methyl/N-ethyl adjacent to an activating group) is 1. The van der Waals surface area contributed by atoms with Gasteiger partial charge in [0.05, 0.1) is 0 Å². The summed E-state index contributed by atoms with van der Waals surface area (Å²) in [4.78, 5) is 6.49. The fourth-order valence-corrected chi connectivity index (χ4v) is 2.96. The van der Waals surface area contributed by atoms with Crippen LogP contribution in [0.5, 0.6) is 0 Å². The van der Waals surface area contributed by atoms with Gasteiger partial charge in [-0.25, -0.2) is 0 Å². The number of hydrogen-bond acceptors (Lipinski definition) is 3. The first-order valence-electron chi connectivity index (χ1n) is 6.46. The molecule has 17 heavy (non-hydrogen) atoms. The molecule has 1 aliphatic rings. The molecule has 2 N–H and O–H groups in total. The van der Waals surface area contributed by atoms with E-state index in [-0.39, 0.29) is 5.54 Å². The number of nitrogens with zero attached hydrogens (tertiary/aromatic N) is 2. The van der Waals surface area contributed by atoms with Crippen LogP contribution >= 0.6 is 0 Å². The minimum absolute atomic E-state index is 0.270. The van der Waals surface area contributed by atoms with E-state index >= 15 is 0 Å². The van der Waals surface area contributed by atoms with E-state index in [1.807, 2.05) is 12.4 Å². The highest BCUT2D eigenvalue weighted by Crippen LogP contribution is 2.40. The zero-order valence-corrected chi connectivity index (χ0v) is 10.9. The summed E-state index contributed by atoms with van der Waals surface area (Å²) in [5.41, 5.74) is 7.57. The van der Waals surface area contributed by atoms with E-state index in [2.05, 4.69) is 36.0 Å². The molecule has 0 amide bonds. The Kier molecular flexibility index (Phi) is 3.79. The summed E-state index contributed by atoms with van der Waals surface area (Å²) in [6.45, 7) is 4.17. The van der Waals surface area contributed by atoms with Crippen molar-refractivity contribution in [2.24, 2.45) is 11.7 Å². The molecule has 1 fully saturated rings. The standard InChI is InChI=1S/C14H23N3/c1-12-9-14(10-12,11-15)17(2)8-5-13-3-6-16-7-4-13/h3-4,6-7,12H,5,8-11,15H2,1-2H3. The monoisotopic (exact) mass is 233 g/mol. The number of nitrogens with two attached hydrogens (primary N) is 1. The summed E-state index contributed by atoms with van der Waals surface area (Å²) in [5.74, 6) is 0.835. The Morgan fingerprint density at radius 2 is 2.06 bits per heavy atom. The van der Waals surface area contributed by atoms with Crippen LogP contribution in [-0.4, -0.2) is 35.6 Å². The van der Waals surface area contributed by atoms with Gasteiger partial charge in [-0.1, -0.05) is 6.92 Å². The Labute approximate surface area is 104 Å². The van der Waals surface area contributed by atoms with Crippen LogP contribution in [0.15, 0.2) is 24.5 Å². The van der Waals surface area contributed by atoms with E-state index in [9.17, 15) is 0 Å². The Hall–Kier alpha value is -0.930. The van der Waals surface area contributed by atoms with Crippen LogP contribution in [0.25, 0.3) is 0 Å². The van der Waals surface area contributed by atoms with Crippen molar-refractivity contribution in [2.45, 2.75) is 31.7 Å². The number of rotatable bonds is 5. The van der Waals surface area contributed by atoms with Gasteiger partial charge in [-0.2, -0.15) is 0 Å². The zero-order chi connectivity index (χ0) is 12.3. The van der Waals surface area contributed by atoms with Crippen LogP contribution in [0.4, 0.5) is 0 Å². The van der Waals surface area contributed by atoms with Crippen molar-refractivity contribution in [3.63, 3.8) is 0 Å². The van der Waals surface area contributed by atoms with Crippen LogP contribution in [0.2, 0.25) is 0 Å². The van der Waals surface area contributed by atoms with Gasteiger partial charge < -0.3 is 5.73 Å². The second-order valence-corrected chi connectivity index (χ2v) is 5.47. The van der Waals surface area contributed by atoms with Crippen LogP contribution < -0.4 is 5.73 Å².